The Balaban J connectivity index is 1.21. The van der Waals surface area contributed by atoms with Gasteiger partial charge in [0.25, 0.3) is 0 Å². The maximum Gasteiger partial charge on any atom is 0.131 e. The smallest absolute Gasteiger partial charge is 0.131 e. The molecule has 224 valence electrons. The van der Waals surface area contributed by atoms with E-state index in [2.05, 4.69) is 173 Å². The van der Waals surface area contributed by atoms with Crippen molar-refractivity contribution in [3.63, 3.8) is 0 Å². The Morgan fingerprint density at radius 3 is 1.67 bits per heavy atom. The molecule has 0 atom stereocenters. The lowest BCUT2D eigenvalue weighted by molar-refractivity contribution is 1.15. The minimum atomic E-state index is 0.911. The number of hydrogen-bond acceptors (Lipinski definition) is 2. The van der Waals surface area contributed by atoms with Crippen molar-refractivity contribution in [1.29, 1.82) is 0 Å². The Morgan fingerprint density at radius 2 is 0.938 bits per heavy atom. The average molecular weight is 613 g/mol. The molecular weight excluding hydrogens is 585 g/mol. The zero-order valence-corrected chi connectivity index (χ0v) is 26.0. The first-order valence-corrected chi connectivity index (χ1v) is 16.3. The van der Waals surface area contributed by atoms with Gasteiger partial charge in [0.2, 0.25) is 0 Å². The molecule has 0 unspecified atom stereocenters. The largest absolute Gasteiger partial charge is 0.293 e. The average Bonchev–Trinajstić information content (AvgIpc) is 3.68. The molecule has 4 heterocycles. The van der Waals surface area contributed by atoms with Crippen molar-refractivity contribution in [2.24, 2.45) is 0 Å². The summed E-state index contributed by atoms with van der Waals surface area (Å²) in [6.45, 7) is 0. The van der Waals surface area contributed by atoms with Gasteiger partial charge in [-0.3, -0.25) is 8.97 Å². The van der Waals surface area contributed by atoms with Gasteiger partial charge in [-0.25, -0.2) is 9.97 Å². The van der Waals surface area contributed by atoms with Gasteiger partial charge in [0.05, 0.1) is 39.0 Å². The summed E-state index contributed by atoms with van der Waals surface area (Å²) in [5, 5.41) is 3.37. The highest BCUT2D eigenvalue weighted by atomic mass is 15.1. The van der Waals surface area contributed by atoms with Gasteiger partial charge < -0.3 is 0 Å². The summed E-state index contributed by atoms with van der Waals surface area (Å²) in [5.74, 6) is 0. The van der Waals surface area contributed by atoms with E-state index in [4.69, 9.17) is 9.97 Å². The molecule has 0 spiro atoms. The topological polar surface area (TPSA) is 35.1 Å². The molecule has 0 radical (unpaired) electrons. The minimum absolute atomic E-state index is 0.911. The fourth-order valence-corrected chi connectivity index (χ4v) is 7.29. The van der Waals surface area contributed by atoms with Gasteiger partial charge in [0.1, 0.15) is 5.65 Å². The Bertz CT molecular complexity index is 2830. The molecule has 0 saturated heterocycles. The molecule has 4 aromatic heterocycles. The monoisotopic (exact) mass is 612 g/mol. The van der Waals surface area contributed by atoms with Crippen LogP contribution in [0.25, 0.3) is 88.7 Å². The molecule has 10 aromatic rings. The summed E-state index contributed by atoms with van der Waals surface area (Å²) in [6, 6.07) is 60.0. The van der Waals surface area contributed by atoms with Crippen molar-refractivity contribution >= 4 is 49.4 Å². The van der Waals surface area contributed by atoms with Gasteiger partial charge in [0.15, 0.2) is 0 Å². The van der Waals surface area contributed by atoms with E-state index in [1.165, 1.54) is 27.5 Å². The zero-order valence-electron chi connectivity index (χ0n) is 26.0. The van der Waals surface area contributed by atoms with Crippen LogP contribution in [0.4, 0.5) is 0 Å². The van der Waals surface area contributed by atoms with Crippen LogP contribution in [0.2, 0.25) is 0 Å². The Kier molecular flexibility index (Phi) is 5.84. The number of para-hydroxylation sites is 4. The van der Waals surface area contributed by atoms with E-state index < -0.39 is 0 Å². The first kappa shape index (κ1) is 26.7. The van der Waals surface area contributed by atoms with Crippen molar-refractivity contribution < 1.29 is 0 Å². The summed E-state index contributed by atoms with van der Waals surface area (Å²) in [5.41, 5.74) is 14.0. The number of rotatable bonds is 4. The van der Waals surface area contributed by atoms with E-state index in [1.54, 1.807) is 0 Å². The number of fused-ring (bicyclic) bond motifs is 8. The normalized spacial score (nSPS) is 11.8. The number of nitrogens with zero attached hydrogens (tertiary/aromatic N) is 4. The van der Waals surface area contributed by atoms with E-state index in [9.17, 15) is 0 Å². The molecule has 0 aliphatic heterocycles. The predicted octanol–water partition coefficient (Wildman–Crippen LogP) is 11.1. The van der Waals surface area contributed by atoms with E-state index >= 15 is 0 Å². The van der Waals surface area contributed by atoms with Crippen LogP contribution in [-0.4, -0.2) is 18.9 Å². The Morgan fingerprint density at radius 1 is 0.396 bits per heavy atom. The third-order valence-corrected chi connectivity index (χ3v) is 9.48. The Labute approximate surface area is 276 Å². The predicted molar refractivity (Wildman–Crippen MR) is 199 cm³/mol. The maximum atomic E-state index is 5.28. The van der Waals surface area contributed by atoms with Crippen LogP contribution in [0.1, 0.15) is 0 Å². The van der Waals surface area contributed by atoms with Crippen LogP contribution < -0.4 is 0 Å². The van der Waals surface area contributed by atoms with Crippen LogP contribution in [0, 0.1) is 0 Å². The van der Waals surface area contributed by atoms with Gasteiger partial charge in [0, 0.05) is 38.5 Å². The molecule has 0 saturated carbocycles. The Hall–Kier alpha value is -6.52. The molecule has 6 aromatic carbocycles. The van der Waals surface area contributed by atoms with Gasteiger partial charge in [-0.15, -0.1) is 0 Å². The highest BCUT2D eigenvalue weighted by Gasteiger charge is 2.22. The van der Waals surface area contributed by atoms with E-state index in [0.29, 0.717) is 0 Å². The summed E-state index contributed by atoms with van der Waals surface area (Å²) < 4.78 is 4.81. The number of aromatic nitrogens is 4. The standard InChI is InChI=1S/C44H28N4/c1-3-12-29(13-4-1)36-26-24-30-22-23-31-25-27-37(46-43(31)42(30)45-36)32-14-11-15-33(28-32)41-35-18-7-8-19-38(35)48-40-21-10-9-20-39(40)47(44(41)48)34-16-5-2-6-17-34/h1-28H. The van der Waals surface area contributed by atoms with Crippen molar-refractivity contribution in [2.75, 3.05) is 0 Å². The van der Waals surface area contributed by atoms with E-state index in [1.807, 2.05) is 6.07 Å². The third-order valence-electron chi connectivity index (χ3n) is 9.48. The second-order valence-electron chi connectivity index (χ2n) is 12.3. The lowest BCUT2D eigenvalue weighted by Crippen LogP contribution is -1.95. The second-order valence-corrected chi connectivity index (χ2v) is 12.3. The van der Waals surface area contributed by atoms with Crippen LogP contribution in [0.5, 0.6) is 0 Å². The molecule has 4 nitrogen and oxygen atoms in total. The number of imidazole rings is 1. The van der Waals surface area contributed by atoms with Crippen molar-refractivity contribution in [3.8, 4) is 39.3 Å². The fraction of sp³-hybridized carbons (Fsp3) is 0. The molecule has 0 aliphatic rings. The summed E-state index contributed by atoms with van der Waals surface area (Å²) in [6.07, 6.45) is 0. The maximum absolute atomic E-state index is 5.28. The molecule has 4 heteroatoms. The van der Waals surface area contributed by atoms with Crippen molar-refractivity contribution in [1.82, 2.24) is 18.9 Å². The second kappa shape index (κ2) is 10.5. The quantitative estimate of drug-likeness (QED) is 0.185. The highest BCUT2D eigenvalue weighted by molar-refractivity contribution is 6.10. The van der Waals surface area contributed by atoms with Crippen molar-refractivity contribution in [2.45, 2.75) is 0 Å². The minimum Gasteiger partial charge on any atom is -0.293 e. The van der Waals surface area contributed by atoms with E-state index in [0.717, 1.165) is 61.2 Å². The summed E-state index contributed by atoms with van der Waals surface area (Å²) >= 11 is 0. The lowest BCUT2D eigenvalue weighted by Gasteiger charge is -2.11. The number of benzene rings is 6. The van der Waals surface area contributed by atoms with Crippen molar-refractivity contribution in [3.05, 3.63) is 170 Å². The molecule has 0 N–H and O–H groups in total. The molecule has 0 amide bonds. The molecule has 0 aliphatic carbocycles. The first-order chi connectivity index (χ1) is 23.8. The number of pyridine rings is 2. The lowest BCUT2D eigenvalue weighted by atomic mass is 9.99. The van der Waals surface area contributed by atoms with Crippen LogP contribution >= 0.6 is 0 Å². The summed E-state index contributed by atoms with van der Waals surface area (Å²) in [7, 11) is 0. The molecule has 0 bridgehead atoms. The van der Waals surface area contributed by atoms with Gasteiger partial charge >= 0.3 is 0 Å². The third kappa shape index (κ3) is 4.03. The SMILES string of the molecule is c1ccc(-c2ccc3ccc4ccc(-c5cccc(-c6c7ccccc7n7c8ccccc8n(-c8ccccc8)c67)c5)nc4c3n2)cc1. The van der Waals surface area contributed by atoms with Crippen LogP contribution in [0.3, 0.4) is 0 Å². The number of hydrogen-bond donors (Lipinski definition) is 0. The van der Waals surface area contributed by atoms with Gasteiger partial charge in [-0.1, -0.05) is 121 Å². The first-order valence-electron chi connectivity index (χ1n) is 16.3. The van der Waals surface area contributed by atoms with Gasteiger partial charge in [-0.2, -0.15) is 0 Å². The van der Waals surface area contributed by atoms with Crippen LogP contribution in [-0.2, 0) is 0 Å². The molecule has 0 fully saturated rings. The zero-order chi connectivity index (χ0) is 31.6. The molecule has 48 heavy (non-hydrogen) atoms. The molecule has 10 rings (SSSR count). The highest BCUT2D eigenvalue weighted by Crippen LogP contribution is 2.41. The van der Waals surface area contributed by atoms with Gasteiger partial charge in [-0.05, 0) is 54.1 Å². The fourth-order valence-electron chi connectivity index (χ4n) is 7.29. The summed E-state index contributed by atoms with van der Waals surface area (Å²) in [4.78, 5) is 10.4. The van der Waals surface area contributed by atoms with Crippen LogP contribution in [0.15, 0.2) is 170 Å². The molecular formula is C44H28N4. The van der Waals surface area contributed by atoms with E-state index in [-0.39, 0.29) is 0 Å².